The van der Waals surface area contributed by atoms with Crippen LogP contribution in [0.4, 0.5) is 23.3 Å². The summed E-state index contributed by atoms with van der Waals surface area (Å²) in [6.07, 6.45) is 0. The van der Waals surface area contributed by atoms with Crippen molar-refractivity contribution in [2.75, 3.05) is 62.1 Å². The quantitative estimate of drug-likeness (QED) is 0.571. The summed E-state index contributed by atoms with van der Waals surface area (Å²) in [5, 5.41) is 3.23. The second kappa shape index (κ2) is 10.0. The average molecular weight is 437 g/mol. The highest BCUT2D eigenvalue weighted by Gasteiger charge is 2.21. The van der Waals surface area contributed by atoms with Crippen molar-refractivity contribution in [3.8, 4) is 17.5 Å². The summed E-state index contributed by atoms with van der Waals surface area (Å²) < 4.78 is 16.1. The highest BCUT2D eigenvalue weighted by molar-refractivity contribution is 5.56. The van der Waals surface area contributed by atoms with Crippen LogP contribution in [0.15, 0.2) is 48.5 Å². The molecule has 1 saturated heterocycles. The minimum Gasteiger partial charge on any atom is -0.497 e. The van der Waals surface area contributed by atoms with Crippen molar-refractivity contribution in [2.24, 2.45) is 0 Å². The zero-order valence-corrected chi connectivity index (χ0v) is 18.6. The van der Waals surface area contributed by atoms with Crippen LogP contribution in [0.5, 0.6) is 17.5 Å². The molecule has 1 N–H and O–H groups in total. The third kappa shape index (κ3) is 5.11. The molecule has 0 saturated carbocycles. The van der Waals surface area contributed by atoms with Crippen LogP contribution in [0.1, 0.15) is 6.92 Å². The molecule has 0 aliphatic carbocycles. The number of hydrogen-bond donors (Lipinski definition) is 1. The largest absolute Gasteiger partial charge is 0.497 e. The maximum atomic E-state index is 5.59. The van der Waals surface area contributed by atoms with Gasteiger partial charge < -0.3 is 29.3 Å². The Morgan fingerprint density at radius 2 is 1.38 bits per heavy atom. The Hall–Kier alpha value is -3.75. The van der Waals surface area contributed by atoms with E-state index in [4.69, 9.17) is 14.2 Å². The Morgan fingerprint density at radius 1 is 0.781 bits per heavy atom. The molecule has 1 aromatic heterocycles. The van der Waals surface area contributed by atoms with Gasteiger partial charge in [0.15, 0.2) is 0 Å². The van der Waals surface area contributed by atoms with E-state index in [1.54, 1.807) is 14.2 Å². The summed E-state index contributed by atoms with van der Waals surface area (Å²) in [6.45, 7) is 5.71. The van der Waals surface area contributed by atoms with Crippen molar-refractivity contribution in [3.63, 3.8) is 0 Å². The molecule has 2 aromatic carbocycles. The number of nitrogens with one attached hydrogen (secondary N) is 1. The van der Waals surface area contributed by atoms with Crippen molar-refractivity contribution in [2.45, 2.75) is 6.92 Å². The molecule has 0 unspecified atom stereocenters. The first-order valence-electron chi connectivity index (χ1n) is 10.6. The Kier molecular flexibility index (Phi) is 6.74. The van der Waals surface area contributed by atoms with Crippen molar-refractivity contribution in [1.82, 2.24) is 15.0 Å². The summed E-state index contributed by atoms with van der Waals surface area (Å²) in [6, 6.07) is 16.0. The van der Waals surface area contributed by atoms with Crippen molar-refractivity contribution in [1.29, 1.82) is 0 Å². The molecule has 9 heteroatoms. The lowest BCUT2D eigenvalue weighted by Crippen LogP contribution is -2.47. The third-order valence-electron chi connectivity index (χ3n) is 5.22. The van der Waals surface area contributed by atoms with Crippen molar-refractivity contribution in [3.05, 3.63) is 48.5 Å². The number of anilines is 4. The summed E-state index contributed by atoms with van der Waals surface area (Å²) >= 11 is 0. The molecular formula is C23H28N6O3. The van der Waals surface area contributed by atoms with Gasteiger partial charge in [0.05, 0.1) is 20.8 Å². The van der Waals surface area contributed by atoms with E-state index in [0.29, 0.717) is 24.5 Å². The predicted octanol–water partition coefficient (Wildman–Crippen LogP) is 3.36. The molecule has 32 heavy (non-hydrogen) atoms. The first-order valence-corrected chi connectivity index (χ1v) is 10.6. The SMILES string of the molecule is CCOc1nc(Nc2ccc(OC)cc2)nc(N2CCN(c3ccc(OC)cc3)CC2)n1. The van der Waals surface area contributed by atoms with Crippen LogP contribution < -0.4 is 29.3 Å². The number of nitrogens with zero attached hydrogens (tertiary/aromatic N) is 5. The summed E-state index contributed by atoms with van der Waals surface area (Å²) in [5.74, 6) is 2.70. The Balaban J connectivity index is 1.47. The first-order chi connectivity index (χ1) is 15.7. The van der Waals surface area contributed by atoms with E-state index >= 15 is 0 Å². The molecular weight excluding hydrogens is 408 g/mol. The van der Waals surface area contributed by atoms with E-state index in [1.807, 2.05) is 43.3 Å². The van der Waals surface area contributed by atoms with E-state index in [1.165, 1.54) is 5.69 Å². The predicted molar refractivity (Wildman–Crippen MR) is 125 cm³/mol. The molecule has 0 spiro atoms. The summed E-state index contributed by atoms with van der Waals surface area (Å²) in [4.78, 5) is 18.1. The fourth-order valence-electron chi connectivity index (χ4n) is 3.50. The van der Waals surface area contributed by atoms with Crippen LogP contribution in [-0.4, -0.2) is 62.0 Å². The number of piperazine rings is 1. The number of ether oxygens (including phenoxy) is 3. The zero-order valence-electron chi connectivity index (χ0n) is 18.6. The fourth-order valence-corrected chi connectivity index (χ4v) is 3.50. The van der Waals surface area contributed by atoms with Gasteiger partial charge in [-0.3, -0.25) is 0 Å². The van der Waals surface area contributed by atoms with Gasteiger partial charge in [0.1, 0.15) is 11.5 Å². The molecule has 1 aliphatic rings. The standard InChI is InChI=1S/C23H28N6O3/c1-4-32-23-26-21(24-17-5-9-19(30-2)10-6-17)25-22(27-23)29-15-13-28(14-16-29)18-7-11-20(31-3)12-8-18/h5-12H,4,13-16H2,1-3H3,(H,24,25,26,27). The molecule has 3 aromatic rings. The maximum absolute atomic E-state index is 5.59. The van der Waals surface area contributed by atoms with Gasteiger partial charge in [0.2, 0.25) is 11.9 Å². The molecule has 0 radical (unpaired) electrons. The molecule has 1 aliphatic heterocycles. The number of benzene rings is 2. The fraction of sp³-hybridized carbons (Fsp3) is 0.348. The number of methoxy groups -OCH3 is 2. The molecule has 0 amide bonds. The highest BCUT2D eigenvalue weighted by atomic mass is 16.5. The topological polar surface area (TPSA) is 84.9 Å². The van der Waals surface area contributed by atoms with Gasteiger partial charge in [-0.05, 0) is 55.5 Å². The minimum absolute atomic E-state index is 0.311. The van der Waals surface area contributed by atoms with E-state index in [9.17, 15) is 0 Å². The zero-order chi connectivity index (χ0) is 22.3. The van der Waals surface area contributed by atoms with E-state index in [-0.39, 0.29) is 0 Å². The average Bonchev–Trinajstić information content (AvgIpc) is 2.85. The number of hydrogen-bond acceptors (Lipinski definition) is 9. The molecule has 2 heterocycles. The van der Waals surface area contributed by atoms with E-state index in [2.05, 4.69) is 42.2 Å². The molecule has 4 rings (SSSR count). The Bertz CT molecular complexity index is 1010. The van der Waals surface area contributed by atoms with Crippen LogP contribution in [0, 0.1) is 0 Å². The van der Waals surface area contributed by atoms with Gasteiger partial charge in [0, 0.05) is 37.6 Å². The molecule has 9 nitrogen and oxygen atoms in total. The second-order valence-corrected chi connectivity index (χ2v) is 7.20. The minimum atomic E-state index is 0.311. The van der Waals surface area contributed by atoms with Gasteiger partial charge in [-0.2, -0.15) is 15.0 Å². The third-order valence-corrected chi connectivity index (χ3v) is 5.22. The molecule has 1 fully saturated rings. The smallest absolute Gasteiger partial charge is 0.323 e. The van der Waals surface area contributed by atoms with Crippen molar-refractivity contribution >= 4 is 23.3 Å². The lowest BCUT2D eigenvalue weighted by molar-refractivity contribution is 0.312. The van der Waals surface area contributed by atoms with E-state index < -0.39 is 0 Å². The summed E-state index contributed by atoms with van der Waals surface area (Å²) in [7, 11) is 3.32. The number of rotatable bonds is 8. The molecule has 0 atom stereocenters. The van der Waals surface area contributed by atoms with Crippen LogP contribution in [-0.2, 0) is 0 Å². The Morgan fingerprint density at radius 3 is 1.97 bits per heavy atom. The monoisotopic (exact) mass is 436 g/mol. The first kappa shape index (κ1) is 21.5. The van der Waals surface area contributed by atoms with Gasteiger partial charge >= 0.3 is 6.01 Å². The molecule has 168 valence electrons. The second-order valence-electron chi connectivity index (χ2n) is 7.20. The summed E-state index contributed by atoms with van der Waals surface area (Å²) in [5.41, 5.74) is 2.03. The van der Waals surface area contributed by atoms with Crippen LogP contribution in [0.25, 0.3) is 0 Å². The van der Waals surface area contributed by atoms with Gasteiger partial charge in [0.25, 0.3) is 0 Å². The van der Waals surface area contributed by atoms with Gasteiger partial charge in [-0.25, -0.2) is 0 Å². The van der Waals surface area contributed by atoms with E-state index in [0.717, 1.165) is 43.4 Å². The normalized spacial score (nSPS) is 13.6. The lowest BCUT2D eigenvalue weighted by Gasteiger charge is -2.36. The van der Waals surface area contributed by atoms with Crippen LogP contribution in [0.2, 0.25) is 0 Å². The van der Waals surface area contributed by atoms with Crippen LogP contribution >= 0.6 is 0 Å². The van der Waals surface area contributed by atoms with Crippen LogP contribution in [0.3, 0.4) is 0 Å². The van der Waals surface area contributed by atoms with Crippen molar-refractivity contribution < 1.29 is 14.2 Å². The Labute approximate surface area is 188 Å². The highest BCUT2D eigenvalue weighted by Crippen LogP contribution is 2.24. The van der Waals surface area contributed by atoms with Gasteiger partial charge in [-0.1, -0.05) is 0 Å². The molecule has 0 bridgehead atoms. The van der Waals surface area contributed by atoms with Gasteiger partial charge in [-0.15, -0.1) is 0 Å². The lowest BCUT2D eigenvalue weighted by atomic mass is 10.2. The number of aromatic nitrogens is 3. The maximum Gasteiger partial charge on any atom is 0.323 e.